The zero-order chi connectivity index (χ0) is 15.6. The molecule has 0 radical (unpaired) electrons. The third-order valence-electron chi connectivity index (χ3n) is 4.19. The minimum absolute atomic E-state index is 0.144. The predicted octanol–water partition coefficient (Wildman–Crippen LogP) is 3.90. The van der Waals surface area contributed by atoms with Gasteiger partial charge in [0.2, 0.25) is 0 Å². The highest BCUT2D eigenvalue weighted by Gasteiger charge is 2.28. The number of aromatic nitrogens is 1. The summed E-state index contributed by atoms with van der Waals surface area (Å²) >= 11 is 0. The number of nitrogens with one attached hydrogen (secondary N) is 1. The van der Waals surface area contributed by atoms with Gasteiger partial charge in [-0.1, -0.05) is 13.8 Å². The molecule has 1 aliphatic rings. The highest BCUT2D eigenvalue weighted by molar-refractivity contribution is 5.45. The lowest BCUT2D eigenvalue weighted by molar-refractivity contribution is 0.424. The maximum Gasteiger partial charge on any atom is 0.129 e. The van der Waals surface area contributed by atoms with Gasteiger partial charge in [-0.15, -0.1) is 0 Å². The van der Waals surface area contributed by atoms with E-state index in [1.54, 1.807) is 0 Å². The molecule has 1 aromatic heterocycles. The quantitative estimate of drug-likeness (QED) is 0.911. The van der Waals surface area contributed by atoms with Gasteiger partial charge in [-0.3, -0.25) is 0 Å². The van der Waals surface area contributed by atoms with E-state index in [4.69, 9.17) is 4.98 Å². The first-order valence-corrected chi connectivity index (χ1v) is 8.25. The molecular weight excluding hydrogens is 258 g/mol. The average Bonchev–Trinajstić information content (AvgIpc) is 2.84. The Bertz CT molecular complexity index is 474. The van der Waals surface area contributed by atoms with Crippen molar-refractivity contribution in [1.82, 2.24) is 10.3 Å². The molecule has 3 heteroatoms. The molecule has 0 spiro atoms. The van der Waals surface area contributed by atoms with Crippen molar-refractivity contribution < 1.29 is 0 Å². The fourth-order valence-corrected chi connectivity index (χ4v) is 3.11. The topological polar surface area (TPSA) is 28.2 Å². The fourth-order valence-electron chi connectivity index (χ4n) is 3.11. The van der Waals surface area contributed by atoms with Crippen LogP contribution in [0.5, 0.6) is 0 Å². The summed E-state index contributed by atoms with van der Waals surface area (Å²) in [6.07, 6.45) is 2.58. The Morgan fingerprint density at radius 1 is 1.33 bits per heavy atom. The molecule has 0 bridgehead atoms. The summed E-state index contributed by atoms with van der Waals surface area (Å²) in [4.78, 5) is 7.30. The number of nitrogens with zero attached hydrogens (tertiary/aromatic N) is 2. The number of rotatable bonds is 4. The van der Waals surface area contributed by atoms with Gasteiger partial charge in [0.25, 0.3) is 0 Å². The summed E-state index contributed by atoms with van der Waals surface area (Å²) in [5, 5.41) is 3.57. The summed E-state index contributed by atoms with van der Waals surface area (Å²) in [7, 11) is 0. The van der Waals surface area contributed by atoms with Crippen LogP contribution in [0.1, 0.15) is 58.7 Å². The summed E-state index contributed by atoms with van der Waals surface area (Å²) < 4.78 is 0. The molecule has 2 rings (SSSR count). The Morgan fingerprint density at radius 3 is 2.67 bits per heavy atom. The number of anilines is 1. The van der Waals surface area contributed by atoms with Crippen LogP contribution >= 0.6 is 0 Å². The number of pyridine rings is 1. The molecule has 1 aliphatic heterocycles. The van der Waals surface area contributed by atoms with E-state index in [9.17, 15) is 0 Å². The van der Waals surface area contributed by atoms with Gasteiger partial charge in [0, 0.05) is 30.4 Å². The van der Waals surface area contributed by atoms with Crippen LogP contribution < -0.4 is 10.2 Å². The second-order valence-corrected chi connectivity index (χ2v) is 7.73. The molecule has 1 atom stereocenters. The lowest BCUT2D eigenvalue weighted by Gasteiger charge is -2.29. The second-order valence-electron chi connectivity index (χ2n) is 7.73. The molecule has 1 fully saturated rings. The van der Waals surface area contributed by atoms with Crippen molar-refractivity contribution in [2.75, 3.05) is 11.4 Å². The van der Waals surface area contributed by atoms with Crippen molar-refractivity contribution in [3.05, 3.63) is 23.4 Å². The Labute approximate surface area is 130 Å². The van der Waals surface area contributed by atoms with Crippen LogP contribution in [-0.2, 0) is 6.54 Å². The highest BCUT2D eigenvalue weighted by Crippen LogP contribution is 2.29. The van der Waals surface area contributed by atoms with Gasteiger partial charge in [-0.25, -0.2) is 4.98 Å². The normalized spacial score (nSPS) is 19.6. The SMILES string of the molecule is Cc1cc(CNC(C)(C)C)cc(N2CCCC2C(C)C)n1. The number of hydrogen-bond acceptors (Lipinski definition) is 3. The monoisotopic (exact) mass is 289 g/mol. The Balaban J connectivity index is 2.18. The van der Waals surface area contributed by atoms with E-state index < -0.39 is 0 Å². The van der Waals surface area contributed by atoms with E-state index in [-0.39, 0.29) is 5.54 Å². The van der Waals surface area contributed by atoms with E-state index in [2.05, 4.69) is 63.9 Å². The van der Waals surface area contributed by atoms with E-state index in [1.165, 1.54) is 18.4 Å². The van der Waals surface area contributed by atoms with Gasteiger partial charge < -0.3 is 10.2 Å². The van der Waals surface area contributed by atoms with Crippen LogP contribution in [0.4, 0.5) is 5.82 Å². The molecule has 21 heavy (non-hydrogen) atoms. The molecule has 0 amide bonds. The average molecular weight is 289 g/mol. The molecule has 1 N–H and O–H groups in total. The van der Waals surface area contributed by atoms with Gasteiger partial charge in [-0.2, -0.15) is 0 Å². The third-order valence-corrected chi connectivity index (χ3v) is 4.19. The van der Waals surface area contributed by atoms with E-state index in [1.807, 2.05) is 0 Å². The Kier molecular flexibility index (Phi) is 4.92. The first-order chi connectivity index (χ1) is 9.76. The molecule has 0 saturated carbocycles. The summed E-state index contributed by atoms with van der Waals surface area (Å²) in [6, 6.07) is 5.11. The summed E-state index contributed by atoms with van der Waals surface area (Å²) in [5.74, 6) is 1.85. The maximum atomic E-state index is 4.79. The maximum absolute atomic E-state index is 4.79. The zero-order valence-corrected chi connectivity index (χ0v) is 14.5. The molecule has 2 heterocycles. The smallest absolute Gasteiger partial charge is 0.129 e. The number of hydrogen-bond donors (Lipinski definition) is 1. The number of aryl methyl sites for hydroxylation is 1. The largest absolute Gasteiger partial charge is 0.353 e. The lowest BCUT2D eigenvalue weighted by atomic mass is 10.0. The van der Waals surface area contributed by atoms with Crippen LogP contribution in [0, 0.1) is 12.8 Å². The van der Waals surface area contributed by atoms with Crippen molar-refractivity contribution in [2.24, 2.45) is 5.92 Å². The first-order valence-electron chi connectivity index (χ1n) is 8.25. The summed E-state index contributed by atoms with van der Waals surface area (Å²) in [5.41, 5.74) is 2.60. The standard InChI is InChI=1S/C18H31N3/c1-13(2)16-8-7-9-21(16)17-11-15(10-14(3)20-17)12-19-18(4,5)6/h10-11,13,16,19H,7-9,12H2,1-6H3. The van der Waals surface area contributed by atoms with Crippen LogP contribution in [0.3, 0.4) is 0 Å². The van der Waals surface area contributed by atoms with Crippen LogP contribution in [-0.4, -0.2) is 23.1 Å². The van der Waals surface area contributed by atoms with E-state index in [0.29, 0.717) is 12.0 Å². The summed E-state index contributed by atoms with van der Waals surface area (Å²) in [6.45, 7) is 15.4. The van der Waals surface area contributed by atoms with Gasteiger partial charge in [0.15, 0.2) is 0 Å². The van der Waals surface area contributed by atoms with Crippen molar-refractivity contribution in [2.45, 2.75) is 72.5 Å². The second kappa shape index (κ2) is 6.35. The molecule has 3 nitrogen and oxygen atoms in total. The van der Waals surface area contributed by atoms with Gasteiger partial charge in [0.05, 0.1) is 0 Å². The zero-order valence-electron chi connectivity index (χ0n) is 14.5. The van der Waals surface area contributed by atoms with Crippen molar-refractivity contribution in [3.8, 4) is 0 Å². The fraction of sp³-hybridized carbons (Fsp3) is 0.722. The molecule has 1 saturated heterocycles. The third kappa shape index (κ3) is 4.44. The van der Waals surface area contributed by atoms with Crippen LogP contribution in [0.25, 0.3) is 0 Å². The Morgan fingerprint density at radius 2 is 2.05 bits per heavy atom. The molecule has 0 aliphatic carbocycles. The minimum atomic E-state index is 0.144. The molecule has 1 unspecified atom stereocenters. The van der Waals surface area contributed by atoms with Crippen LogP contribution in [0.2, 0.25) is 0 Å². The van der Waals surface area contributed by atoms with E-state index >= 15 is 0 Å². The van der Waals surface area contributed by atoms with Gasteiger partial charge >= 0.3 is 0 Å². The Hall–Kier alpha value is -1.09. The predicted molar refractivity (Wildman–Crippen MR) is 90.8 cm³/mol. The highest BCUT2D eigenvalue weighted by atomic mass is 15.2. The van der Waals surface area contributed by atoms with E-state index in [0.717, 1.165) is 24.6 Å². The van der Waals surface area contributed by atoms with Gasteiger partial charge in [0.1, 0.15) is 5.82 Å². The molecular formula is C18H31N3. The molecule has 118 valence electrons. The van der Waals surface area contributed by atoms with Crippen LogP contribution in [0.15, 0.2) is 12.1 Å². The molecule has 0 aromatic carbocycles. The van der Waals surface area contributed by atoms with Gasteiger partial charge in [-0.05, 0) is 64.2 Å². The minimum Gasteiger partial charge on any atom is -0.353 e. The van der Waals surface area contributed by atoms with Crippen molar-refractivity contribution in [1.29, 1.82) is 0 Å². The lowest BCUT2D eigenvalue weighted by Crippen LogP contribution is -2.36. The van der Waals surface area contributed by atoms with Crippen molar-refractivity contribution >= 4 is 5.82 Å². The molecule has 1 aromatic rings. The first kappa shape index (κ1) is 16.3. The van der Waals surface area contributed by atoms with Crippen molar-refractivity contribution in [3.63, 3.8) is 0 Å².